The second-order valence-electron chi connectivity index (χ2n) is 10.6. The number of anilines is 1. The summed E-state index contributed by atoms with van der Waals surface area (Å²) < 4.78 is 13.8. The summed E-state index contributed by atoms with van der Waals surface area (Å²) in [5.74, 6) is 0.723. The van der Waals surface area contributed by atoms with Gasteiger partial charge in [-0.2, -0.15) is 9.49 Å². The average molecular weight is 549 g/mol. The number of pyridine rings is 2. The zero-order chi connectivity index (χ0) is 27.1. The molecule has 40 heavy (non-hydrogen) atoms. The van der Waals surface area contributed by atoms with Gasteiger partial charge in [0.1, 0.15) is 11.2 Å². The molecule has 0 radical (unpaired) electrons. The van der Waals surface area contributed by atoms with Gasteiger partial charge in [-0.05, 0) is 54.8 Å². The molecule has 0 amide bonds. The Hall–Kier alpha value is -4.30. The topological polar surface area (TPSA) is 82.3 Å². The van der Waals surface area contributed by atoms with Gasteiger partial charge in [-0.25, -0.2) is 4.98 Å². The third kappa shape index (κ3) is 4.79. The van der Waals surface area contributed by atoms with Crippen LogP contribution in [0.5, 0.6) is 0 Å². The zero-order valence-electron chi connectivity index (χ0n) is 22.0. The van der Waals surface area contributed by atoms with Crippen LogP contribution in [0.3, 0.4) is 0 Å². The summed E-state index contributed by atoms with van der Waals surface area (Å²) in [6, 6.07) is 17.5. The lowest BCUT2D eigenvalue weighted by molar-refractivity contribution is 0.357. The second-order valence-corrected chi connectivity index (χ2v) is 11.7. The van der Waals surface area contributed by atoms with Crippen molar-refractivity contribution in [2.75, 3.05) is 5.32 Å². The Morgan fingerprint density at radius 2 is 1.93 bits per heavy atom. The van der Waals surface area contributed by atoms with E-state index in [9.17, 15) is 4.39 Å². The van der Waals surface area contributed by atoms with E-state index in [4.69, 9.17) is 4.98 Å². The lowest BCUT2D eigenvalue weighted by Crippen LogP contribution is -2.10. The summed E-state index contributed by atoms with van der Waals surface area (Å²) in [4.78, 5) is 13.9. The molecule has 200 valence electrons. The fourth-order valence-corrected chi connectivity index (χ4v) is 6.62. The van der Waals surface area contributed by atoms with Gasteiger partial charge in [0.2, 0.25) is 0 Å². The Balaban J connectivity index is 1.19. The van der Waals surface area contributed by atoms with Crippen molar-refractivity contribution in [2.24, 2.45) is 5.92 Å². The molecule has 0 aliphatic heterocycles. The Kier molecular flexibility index (Phi) is 6.40. The van der Waals surface area contributed by atoms with Crippen molar-refractivity contribution in [1.82, 2.24) is 25.1 Å². The van der Waals surface area contributed by atoms with Crippen LogP contribution in [0.15, 0.2) is 79.3 Å². The average Bonchev–Trinajstić information content (AvgIpc) is 3.71. The molecule has 0 bridgehead atoms. The fraction of sp³-hybridized carbons (Fsp3) is 0.219. The number of aromatic amines is 2. The number of H-pyrrole nitrogens is 2. The van der Waals surface area contributed by atoms with Gasteiger partial charge >= 0.3 is 0 Å². The maximum absolute atomic E-state index is 13.8. The van der Waals surface area contributed by atoms with Crippen LogP contribution in [0.25, 0.3) is 55.0 Å². The lowest BCUT2D eigenvalue weighted by atomic mass is 9.86. The fourth-order valence-electron chi connectivity index (χ4n) is 5.85. The van der Waals surface area contributed by atoms with E-state index in [0.717, 1.165) is 90.1 Å². The summed E-state index contributed by atoms with van der Waals surface area (Å²) in [6.45, 7) is 4.28. The number of hydrogen-bond acceptors (Lipinski definition) is 5. The van der Waals surface area contributed by atoms with Crippen molar-refractivity contribution < 1.29 is 4.39 Å². The van der Waals surface area contributed by atoms with Crippen LogP contribution < -0.4 is 5.32 Å². The first kappa shape index (κ1) is 24.7. The molecule has 5 aromatic heterocycles. The van der Waals surface area contributed by atoms with Crippen molar-refractivity contribution in [3.8, 4) is 33.1 Å². The number of fused-ring (bicyclic) bond motifs is 2. The van der Waals surface area contributed by atoms with Crippen LogP contribution in [0, 0.1) is 11.0 Å². The minimum Gasteiger partial charge on any atom is -0.358 e. The normalized spacial score (nSPS) is 14.2. The first-order valence-electron chi connectivity index (χ1n) is 13.7. The maximum Gasteiger partial charge on any atom is 0.176 e. The molecule has 1 aromatic carbocycles. The Morgan fingerprint density at radius 1 is 1.02 bits per heavy atom. The predicted molar refractivity (Wildman–Crippen MR) is 162 cm³/mol. The number of aromatic nitrogens is 5. The molecule has 8 heteroatoms. The third-order valence-corrected chi connectivity index (χ3v) is 8.69. The number of halogens is 1. The molecule has 1 fully saturated rings. The largest absolute Gasteiger partial charge is 0.358 e. The van der Waals surface area contributed by atoms with E-state index in [2.05, 4.69) is 44.2 Å². The molecular formula is C32H29FN6S. The molecule has 0 atom stereocenters. The van der Waals surface area contributed by atoms with Gasteiger partial charge in [0.05, 0.1) is 28.8 Å². The quantitative estimate of drug-likeness (QED) is 0.186. The van der Waals surface area contributed by atoms with Gasteiger partial charge in [0.15, 0.2) is 5.13 Å². The first-order chi connectivity index (χ1) is 19.6. The molecule has 7 rings (SSSR count). The standard InChI is InChI=1S/C32H29FN6S/c1-19(14-20-6-3-2-4-7-20)35-22-15-21(17-34-18-22)25-10-11-27-31(37-25)32(39-38-27)28-16-24-23(8-5-9-26(24)36-28)29-12-13-30(33)40-29/h5,8-13,15-18,20,35-36H,1-4,6-7,14H2,(H,38,39). The molecule has 6 nitrogen and oxygen atoms in total. The van der Waals surface area contributed by atoms with E-state index in [1.807, 2.05) is 48.8 Å². The SMILES string of the molecule is C=C(CC1CCCCC1)Nc1cncc(-c2ccc3[nH]nc(-c4cc5c(-c6ccc(F)s6)cccc5[nH]4)c3n2)c1. The summed E-state index contributed by atoms with van der Waals surface area (Å²) in [5.41, 5.74) is 8.85. The predicted octanol–water partition coefficient (Wildman–Crippen LogP) is 8.93. The van der Waals surface area contributed by atoms with Crippen LogP contribution >= 0.6 is 11.3 Å². The van der Waals surface area contributed by atoms with E-state index in [-0.39, 0.29) is 5.13 Å². The highest BCUT2D eigenvalue weighted by Gasteiger charge is 2.17. The minimum atomic E-state index is -0.194. The van der Waals surface area contributed by atoms with E-state index < -0.39 is 0 Å². The molecule has 6 aromatic rings. The second kappa shape index (κ2) is 10.4. The molecule has 0 saturated heterocycles. The molecule has 3 N–H and O–H groups in total. The first-order valence-corrected chi connectivity index (χ1v) is 14.6. The van der Waals surface area contributed by atoms with Crippen LogP contribution in [-0.4, -0.2) is 25.1 Å². The van der Waals surface area contributed by atoms with Crippen LogP contribution in [-0.2, 0) is 0 Å². The van der Waals surface area contributed by atoms with Crippen molar-refractivity contribution >= 4 is 39.0 Å². The van der Waals surface area contributed by atoms with Gasteiger partial charge in [-0.3, -0.25) is 10.1 Å². The number of thiophene rings is 1. The zero-order valence-corrected chi connectivity index (χ0v) is 22.8. The van der Waals surface area contributed by atoms with Crippen LogP contribution in [0.2, 0.25) is 0 Å². The maximum atomic E-state index is 13.8. The lowest BCUT2D eigenvalue weighted by Gasteiger charge is -2.22. The van der Waals surface area contributed by atoms with Crippen molar-refractivity contribution in [3.05, 3.63) is 84.4 Å². The highest BCUT2D eigenvalue weighted by Crippen LogP contribution is 2.37. The van der Waals surface area contributed by atoms with Crippen molar-refractivity contribution in [2.45, 2.75) is 38.5 Å². The van der Waals surface area contributed by atoms with E-state index in [0.29, 0.717) is 0 Å². The minimum absolute atomic E-state index is 0.194. The highest BCUT2D eigenvalue weighted by atomic mass is 32.1. The van der Waals surface area contributed by atoms with Gasteiger partial charge in [-0.15, -0.1) is 11.3 Å². The van der Waals surface area contributed by atoms with E-state index >= 15 is 0 Å². The number of hydrogen-bond donors (Lipinski definition) is 3. The van der Waals surface area contributed by atoms with Gasteiger partial charge in [0, 0.05) is 38.8 Å². The van der Waals surface area contributed by atoms with Crippen molar-refractivity contribution in [3.63, 3.8) is 0 Å². The van der Waals surface area contributed by atoms with Crippen LogP contribution in [0.1, 0.15) is 38.5 Å². The Morgan fingerprint density at radius 3 is 2.77 bits per heavy atom. The third-order valence-electron chi connectivity index (χ3n) is 7.78. The van der Waals surface area contributed by atoms with Gasteiger partial charge in [-0.1, -0.05) is 50.8 Å². The summed E-state index contributed by atoms with van der Waals surface area (Å²) >= 11 is 1.15. The van der Waals surface area contributed by atoms with Crippen LogP contribution in [0.4, 0.5) is 10.1 Å². The Labute approximate surface area is 235 Å². The summed E-state index contributed by atoms with van der Waals surface area (Å²) in [6.07, 6.45) is 11.3. The summed E-state index contributed by atoms with van der Waals surface area (Å²) in [7, 11) is 0. The summed E-state index contributed by atoms with van der Waals surface area (Å²) in [5, 5.41) is 12.0. The van der Waals surface area contributed by atoms with E-state index in [1.54, 1.807) is 0 Å². The van der Waals surface area contributed by atoms with Crippen molar-refractivity contribution in [1.29, 1.82) is 0 Å². The molecule has 5 heterocycles. The number of benzene rings is 1. The molecule has 1 aliphatic carbocycles. The number of nitrogens with one attached hydrogen (secondary N) is 3. The molecule has 1 aliphatic rings. The monoisotopic (exact) mass is 548 g/mol. The number of allylic oxidation sites excluding steroid dienone is 1. The molecular weight excluding hydrogens is 519 g/mol. The highest BCUT2D eigenvalue weighted by molar-refractivity contribution is 7.14. The van der Waals surface area contributed by atoms with E-state index in [1.165, 1.54) is 38.2 Å². The van der Waals surface area contributed by atoms with Gasteiger partial charge < -0.3 is 10.3 Å². The molecule has 1 saturated carbocycles. The Bertz CT molecular complexity index is 1840. The molecule has 0 unspecified atom stereocenters. The van der Waals surface area contributed by atoms with Gasteiger partial charge in [0.25, 0.3) is 0 Å². The smallest absolute Gasteiger partial charge is 0.176 e. The molecule has 0 spiro atoms. The number of nitrogens with zero attached hydrogens (tertiary/aromatic N) is 3. The number of rotatable bonds is 7.